The van der Waals surface area contributed by atoms with Crippen LogP contribution >= 0.6 is 0 Å². The molecule has 8 nitrogen and oxygen atoms in total. The minimum absolute atomic E-state index is 0.0281. The lowest BCUT2D eigenvalue weighted by Gasteiger charge is -2.26. The van der Waals surface area contributed by atoms with E-state index in [-0.39, 0.29) is 17.7 Å². The first-order valence-corrected chi connectivity index (χ1v) is 12.8. The van der Waals surface area contributed by atoms with E-state index in [2.05, 4.69) is 62.4 Å². The predicted octanol–water partition coefficient (Wildman–Crippen LogP) is 3.34. The zero-order valence-electron chi connectivity index (χ0n) is 21.6. The number of nitrogens with one attached hydrogen (secondary N) is 1. The first-order valence-electron chi connectivity index (χ1n) is 12.8. The van der Waals surface area contributed by atoms with E-state index >= 15 is 0 Å². The molecule has 2 aromatic carbocycles. The van der Waals surface area contributed by atoms with Crippen molar-refractivity contribution >= 4 is 0 Å². The monoisotopic (exact) mass is 511 g/mol. The number of hydrogen-bond donors (Lipinski definition) is 3. The zero-order valence-corrected chi connectivity index (χ0v) is 21.6. The Morgan fingerprint density at radius 2 is 1.66 bits per heavy atom. The Morgan fingerprint density at radius 3 is 2.32 bits per heavy atom. The van der Waals surface area contributed by atoms with Gasteiger partial charge in [-0.05, 0) is 42.3 Å². The van der Waals surface area contributed by atoms with Gasteiger partial charge in [0.15, 0.2) is 5.75 Å². The number of morpholine rings is 1. The summed E-state index contributed by atoms with van der Waals surface area (Å²) in [5.74, 6) is 5.70. The molecule has 0 amide bonds. The Balaban J connectivity index is 1.43. The van der Waals surface area contributed by atoms with Crippen molar-refractivity contribution in [1.29, 1.82) is 5.26 Å². The first-order chi connectivity index (χ1) is 18.5. The number of ether oxygens (including phenoxy) is 1. The molecule has 4 rings (SSSR count). The van der Waals surface area contributed by atoms with E-state index in [1.807, 2.05) is 31.2 Å². The summed E-state index contributed by atoms with van der Waals surface area (Å²) in [6.07, 6.45) is 2.03. The average molecular weight is 512 g/mol. The van der Waals surface area contributed by atoms with Gasteiger partial charge in [0.25, 0.3) is 5.88 Å². The normalized spacial score (nSPS) is 15.2. The van der Waals surface area contributed by atoms with Crippen molar-refractivity contribution in [1.82, 2.24) is 20.2 Å². The molecule has 38 heavy (non-hydrogen) atoms. The van der Waals surface area contributed by atoms with Crippen LogP contribution in [0.2, 0.25) is 0 Å². The number of benzene rings is 2. The summed E-state index contributed by atoms with van der Waals surface area (Å²) in [7, 11) is 0. The number of nitriles is 1. The van der Waals surface area contributed by atoms with Gasteiger partial charge in [0.2, 0.25) is 0 Å². The molecule has 0 saturated carbocycles. The minimum Gasteiger partial charge on any atom is -0.502 e. The van der Waals surface area contributed by atoms with E-state index in [0.29, 0.717) is 25.1 Å². The van der Waals surface area contributed by atoms with Crippen LogP contribution in [0.1, 0.15) is 47.2 Å². The Hall–Kier alpha value is -3.95. The molecule has 1 aromatic heterocycles. The van der Waals surface area contributed by atoms with Crippen molar-refractivity contribution in [2.24, 2.45) is 0 Å². The molecule has 0 bridgehead atoms. The summed E-state index contributed by atoms with van der Waals surface area (Å²) < 4.78 is 5.42. The van der Waals surface area contributed by atoms with Gasteiger partial charge in [0.05, 0.1) is 31.4 Å². The first kappa shape index (κ1) is 27.1. The van der Waals surface area contributed by atoms with Crippen molar-refractivity contribution in [3.8, 4) is 29.5 Å². The van der Waals surface area contributed by atoms with E-state index in [1.54, 1.807) is 0 Å². The topological polar surface area (TPSA) is 115 Å². The lowest BCUT2D eigenvalue weighted by Crippen LogP contribution is -2.35. The molecule has 1 unspecified atom stereocenters. The lowest BCUT2D eigenvalue weighted by molar-refractivity contribution is 0.0342. The molecule has 196 valence electrons. The lowest BCUT2D eigenvalue weighted by atomic mass is 9.92. The Labute approximate surface area is 223 Å². The summed E-state index contributed by atoms with van der Waals surface area (Å²) in [5.41, 5.74) is 4.55. The van der Waals surface area contributed by atoms with Gasteiger partial charge >= 0.3 is 0 Å². The van der Waals surface area contributed by atoms with E-state index in [9.17, 15) is 10.2 Å². The second-order valence-corrected chi connectivity index (χ2v) is 9.52. The van der Waals surface area contributed by atoms with Crippen LogP contribution in [0.3, 0.4) is 0 Å². The third-order valence-electron chi connectivity index (χ3n) is 6.63. The average Bonchev–Trinajstić information content (AvgIpc) is 2.94. The SMILES string of the molecule is C[C@@H](CC#N)NCC(Cc1ncnc(O)c1O)c1ccc(C#Cc2ccc(CN3CCOCC3)cc2)cc1. The number of hydrogen-bond acceptors (Lipinski definition) is 8. The van der Waals surface area contributed by atoms with Crippen molar-refractivity contribution in [3.05, 3.63) is 82.8 Å². The molecular formula is C30H33N5O3. The molecule has 0 radical (unpaired) electrons. The molecule has 1 saturated heterocycles. The van der Waals surface area contributed by atoms with Gasteiger partial charge in [-0.3, -0.25) is 4.90 Å². The zero-order chi connectivity index (χ0) is 26.7. The van der Waals surface area contributed by atoms with E-state index < -0.39 is 5.88 Å². The summed E-state index contributed by atoms with van der Waals surface area (Å²) >= 11 is 0. The summed E-state index contributed by atoms with van der Waals surface area (Å²) in [6, 6.07) is 18.6. The predicted molar refractivity (Wildman–Crippen MR) is 144 cm³/mol. The number of nitrogens with zero attached hydrogens (tertiary/aromatic N) is 4. The van der Waals surface area contributed by atoms with Crippen LogP contribution in [-0.4, -0.2) is 64.0 Å². The molecule has 0 spiro atoms. The third-order valence-corrected chi connectivity index (χ3v) is 6.63. The molecule has 2 atom stereocenters. The van der Waals surface area contributed by atoms with Gasteiger partial charge in [-0.25, -0.2) is 4.98 Å². The molecule has 0 aliphatic carbocycles. The van der Waals surface area contributed by atoms with Crippen molar-refractivity contribution in [2.75, 3.05) is 32.8 Å². The summed E-state index contributed by atoms with van der Waals surface area (Å²) in [4.78, 5) is 10.2. The maximum Gasteiger partial charge on any atom is 0.257 e. The van der Waals surface area contributed by atoms with Crippen LogP contribution in [0, 0.1) is 23.2 Å². The summed E-state index contributed by atoms with van der Waals surface area (Å²) in [5, 5.41) is 32.3. The maximum atomic E-state index is 10.2. The van der Waals surface area contributed by atoms with Gasteiger partial charge < -0.3 is 20.3 Å². The van der Waals surface area contributed by atoms with Gasteiger partial charge in [-0.1, -0.05) is 36.1 Å². The largest absolute Gasteiger partial charge is 0.502 e. The van der Waals surface area contributed by atoms with E-state index in [0.717, 1.165) is 49.5 Å². The number of aromatic hydroxyl groups is 2. The molecule has 1 aliphatic rings. The maximum absolute atomic E-state index is 10.2. The molecular weight excluding hydrogens is 478 g/mol. The minimum atomic E-state index is -0.431. The highest BCUT2D eigenvalue weighted by Gasteiger charge is 2.19. The molecule has 1 aliphatic heterocycles. The fraction of sp³-hybridized carbons (Fsp3) is 0.367. The number of aromatic nitrogens is 2. The van der Waals surface area contributed by atoms with Crippen LogP contribution in [0.25, 0.3) is 0 Å². The van der Waals surface area contributed by atoms with Crippen LogP contribution in [-0.2, 0) is 17.7 Å². The fourth-order valence-corrected chi connectivity index (χ4v) is 4.34. The highest BCUT2D eigenvalue weighted by atomic mass is 16.5. The number of rotatable bonds is 9. The smallest absolute Gasteiger partial charge is 0.257 e. The quantitative estimate of drug-likeness (QED) is 0.375. The van der Waals surface area contributed by atoms with Crippen LogP contribution < -0.4 is 5.32 Å². The summed E-state index contributed by atoms with van der Waals surface area (Å²) in [6.45, 7) is 7.00. The van der Waals surface area contributed by atoms with E-state index in [4.69, 9.17) is 10.00 Å². The Morgan fingerprint density at radius 1 is 1.00 bits per heavy atom. The molecule has 3 N–H and O–H groups in total. The van der Waals surface area contributed by atoms with Gasteiger partial charge in [0.1, 0.15) is 6.33 Å². The second-order valence-electron chi connectivity index (χ2n) is 9.52. The van der Waals surface area contributed by atoms with Crippen molar-refractivity contribution in [3.63, 3.8) is 0 Å². The Kier molecular flexibility index (Phi) is 9.66. The van der Waals surface area contributed by atoms with Crippen LogP contribution in [0.5, 0.6) is 11.6 Å². The third kappa shape index (κ3) is 7.77. The molecule has 3 aromatic rings. The van der Waals surface area contributed by atoms with Crippen LogP contribution in [0.4, 0.5) is 0 Å². The van der Waals surface area contributed by atoms with E-state index in [1.165, 1.54) is 11.9 Å². The van der Waals surface area contributed by atoms with Gasteiger partial charge in [0, 0.05) is 55.7 Å². The van der Waals surface area contributed by atoms with Crippen LogP contribution in [0.15, 0.2) is 54.9 Å². The van der Waals surface area contributed by atoms with Gasteiger partial charge in [-0.2, -0.15) is 10.2 Å². The standard InChI is InChI=1S/C30H33N5O3/c1-22(12-13-31)32-19-27(18-28-29(36)30(37)34-21-33-28)26-10-8-24(9-11-26)3-2-23-4-6-25(7-5-23)20-35-14-16-38-17-15-35/h4-11,21-22,27,32,36H,12,14-20H2,1H3,(H,33,34,37)/t22-,27?/m0/s1. The van der Waals surface area contributed by atoms with Gasteiger partial charge in [-0.15, -0.1) is 0 Å². The second kappa shape index (κ2) is 13.6. The van der Waals surface area contributed by atoms with Crippen molar-refractivity contribution in [2.45, 2.75) is 38.3 Å². The highest BCUT2D eigenvalue weighted by Crippen LogP contribution is 2.29. The Bertz CT molecular complexity index is 1290. The fourth-order valence-electron chi connectivity index (χ4n) is 4.34. The molecule has 8 heteroatoms. The van der Waals surface area contributed by atoms with Crippen molar-refractivity contribution < 1.29 is 14.9 Å². The highest BCUT2D eigenvalue weighted by molar-refractivity contribution is 5.45. The molecule has 2 heterocycles. The molecule has 1 fully saturated rings.